The predicted octanol–water partition coefficient (Wildman–Crippen LogP) is 0.170. The summed E-state index contributed by atoms with van der Waals surface area (Å²) in [5.41, 5.74) is 0.905. The van der Waals surface area contributed by atoms with Crippen molar-refractivity contribution < 1.29 is 19.4 Å². The molecule has 0 saturated heterocycles. The number of aliphatic carboxylic acids is 1. The van der Waals surface area contributed by atoms with E-state index in [1.54, 1.807) is 0 Å². The van der Waals surface area contributed by atoms with Crippen molar-refractivity contribution in [3.05, 3.63) is 12.2 Å². The third kappa shape index (κ3) is 8.73. The first kappa shape index (κ1) is 12.6. The van der Waals surface area contributed by atoms with E-state index in [2.05, 4.69) is 11.9 Å². The van der Waals surface area contributed by atoms with Gasteiger partial charge in [0.1, 0.15) is 6.42 Å². The van der Waals surface area contributed by atoms with E-state index in [0.717, 1.165) is 5.57 Å². The quantitative estimate of drug-likeness (QED) is 0.350. The molecule has 14 heavy (non-hydrogen) atoms. The number of hydrogen-bond acceptors (Lipinski definition) is 3. The second-order valence-electron chi connectivity index (χ2n) is 2.93. The zero-order valence-electron chi connectivity index (χ0n) is 8.21. The molecule has 0 spiro atoms. The van der Waals surface area contributed by atoms with Gasteiger partial charge in [-0.05, 0) is 6.92 Å². The maximum atomic E-state index is 10.8. The molecular weight excluding hydrogens is 186 g/mol. The summed E-state index contributed by atoms with van der Waals surface area (Å²) in [5.74, 6) is -1.64. The average Bonchev–Trinajstić information content (AvgIpc) is 2.01. The maximum Gasteiger partial charge on any atom is 0.312 e. The van der Waals surface area contributed by atoms with E-state index in [-0.39, 0.29) is 0 Å². The van der Waals surface area contributed by atoms with Crippen LogP contribution in [0.2, 0.25) is 0 Å². The monoisotopic (exact) mass is 201 g/mol. The van der Waals surface area contributed by atoms with Gasteiger partial charge in [0.05, 0.1) is 13.2 Å². The number of carboxylic acids is 1. The Kier molecular flexibility index (Phi) is 6.39. The number of carbonyl (C=O) groups excluding carboxylic acids is 1. The van der Waals surface area contributed by atoms with Crippen LogP contribution in [0.25, 0.3) is 0 Å². The van der Waals surface area contributed by atoms with E-state index >= 15 is 0 Å². The molecule has 5 nitrogen and oxygen atoms in total. The molecule has 2 N–H and O–H groups in total. The van der Waals surface area contributed by atoms with Gasteiger partial charge in [-0.1, -0.05) is 12.2 Å². The summed E-state index contributed by atoms with van der Waals surface area (Å²) in [7, 11) is 0. The topological polar surface area (TPSA) is 75.6 Å². The smallest absolute Gasteiger partial charge is 0.312 e. The van der Waals surface area contributed by atoms with Crippen LogP contribution in [-0.2, 0) is 14.3 Å². The third-order valence-corrected chi connectivity index (χ3v) is 1.23. The van der Waals surface area contributed by atoms with Crippen molar-refractivity contribution in [1.29, 1.82) is 0 Å². The van der Waals surface area contributed by atoms with Crippen LogP contribution >= 0.6 is 0 Å². The van der Waals surface area contributed by atoms with E-state index in [1.807, 2.05) is 6.92 Å². The molecule has 0 aliphatic carbocycles. The fourth-order valence-electron chi connectivity index (χ4n) is 0.709. The number of hydrogen-bond donors (Lipinski definition) is 2. The van der Waals surface area contributed by atoms with E-state index in [1.165, 1.54) is 0 Å². The van der Waals surface area contributed by atoms with E-state index in [9.17, 15) is 9.59 Å². The number of amides is 1. The number of rotatable bonds is 7. The highest BCUT2D eigenvalue weighted by Gasteiger charge is 2.05. The molecule has 0 heterocycles. The Bertz CT molecular complexity index is 225. The Morgan fingerprint density at radius 3 is 2.64 bits per heavy atom. The molecule has 80 valence electrons. The summed E-state index contributed by atoms with van der Waals surface area (Å²) in [4.78, 5) is 20.9. The third-order valence-electron chi connectivity index (χ3n) is 1.23. The van der Waals surface area contributed by atoms with Crippen LogP contribution in [0.4, 0.5) is 0 Å². The molecule has 0 aromatic heterocycles. The largest absolute Gasteiger partial charge is 0.481 e. The van der Waals surface area contributed by atoms with Crippen LogP contribution in [0, 0.1) is 0 Å². The molecule has 5 heteroatoms. The normalized spacial score (nSPS) is 9.50. The van der Waals surface area contributed by atoms with Crippen molar-refractivity contribution in [3.63, 3.8) is 0 Å². The van der Waals surface area contributed by atoms with Crippen molar-refractivity contribution in [2.75, 3.05) is 19.8 Å². The average molecular weight is 201 g/mol. The first-order valence-electron chi connectivity index (χ1n) is 4.23. The number of carboxylic acid groups (broad SMARTS) is 1. The number of nitrogens with one attached hydrogen (secondary N) is 1. The number of carbonyl (C=O) groups is 2. The highest BCUT2D eigenvalue weighted by Crippen LogP contribution is 1.86. The molecule has 0 aliphatic heterocycles. The molecule has 1 amide bonds. The van der Waals surface area contributed by atoms with Gasteiger partial charge in [0.2, 0.25) is 5.91 Å². The molecule has 0 aliphatic rings. The molecular formula is C9H15NO4. The molecule has 0 atom stereocenters. The van der Waals surface area contributed by atoms with Crippen LogP contribution in [0.1, 0.15) is 13.3 Å². The van der Waals surface area contributed by atoms with Gasteiger partial charge in [0.15, 0.2) is 0 Å². The second-order valence-corrected chi connectivity index (χ2v) is 2.93. The highest BCUT2D eigenvalue weighted by molar-refractivity contribution is 5.93. The highest BCUT2D eigenvalue weighted by atomic mass is 16.5. The summed E-state index contributed by atoms with van der Waals surface area (Å²) >= 11 is 0. The van der Waals surface area contributed by atoms with Crippen LogP contribution in [0.5, 0.6) is 0 Å². The minimum Gasteiger partial charge on any atom is -0.481 e. The molecule has 0 aromatic carbocycles. The van der Waals surface area contributed by atoms with E-state index in [4.69, 9.17) is 9.84 Å². The molecule has 0 radical (unpaired) electrons. The van der Waals surface area contributed by atoms with Gasteiger partial charge < -0.3 is 15.2 Å². The predicted molar refractivity (Wildman–Crippen MR) is 50.9 cm³/mol. The van der Waals surface area contributed by atoms with Crippen LogP contribution in [0.15, 0.2) is 12.2 Å². The van der Waals surface area contributed by atoms with Gasteiger partial charge in [-0.25, -0.2) is 0 Å². The van der Waals surface area contributed by atoms with Crippen molar-refractivity contribution >= 4 is 11.9 Å². The van der Waals surface area contributed by atoms with Crippen molar-refractivity contribution in [1.82, 2.24) is 5.32 Å². The van der Waals surface area contributed by atoms with Gasteiger partial charge in [0, 0.05) is 6.54 Å². The Morgan fingerprint density at radius 2 is 2.14 bits per heavy atom. The zero-order chi connectivity index (χ0) is 11.0. The first-order chi connectivity index (χ1) is 6.52. The summed E-state index contributed by atoms with van der Waals surface area (Å²) in [6, 6.07) is 0. The number of ether oxygens (including phenoxy) is 1. The minimum atomic E-state index is -1.13. The van der Waals surface area contributed by atoms with E-state index in [0.29, 0.717) is 19.8 Å². The minimum absolute atomic E-state index is 0.319. The summed E-state index contributed by atoms with van der Waals surface area (Å²) < 4.78 is 5.09. The molecule has 0 fully saturated rings. The second kappa shape index (κ2) is 7.08. The van der Waals surface area contributed by atoms with Crippen molar-refractivity contribution in [3.8, 4) is 0 Å². The molecule has 0 unspecified atom stereocenters. The summed E-state index contributed by atoms with van der Waals surface area (Å²) in [6.45, 7) is 6.60. The SMILES string of the molecule is C=C(C)COCCNC(=O)CC(=O)O. The Balaban J connectivity index is 3.32. The fraction of sp³-hybridized carbons (Fsp3) is 0.556. The van der Waals surface area contributed by atoms with Gasteiger partial charge in [0.25, 0.3) is 0 Å². The molecule has 0 saturated carbocycles. The van der Waals surface area contributed by atoms with E-state index < -0.39 is 18.3 Å². The Hall–Kier alpha value is -1.36. The summed E-state index contributed by atoms with van der Waals surface area (Å²) in [6.07, 6.45) is -0.500. The molecule has 0 aromatic rings. The fourth-order valence-corrected chi connectivity index (χ4v) is 0.709. The van der Waals surface area contributed by atoms with Gasteiger partial charge in [-0.15, -0.1) is 0 Å². The van der Waals surface area contributed by atoms with Gasteiger partial charge in [-0.2, -0.15) is 0 Å². The lowest BCUT2D eigenvalue weighted by molar-refractivity contribution is -0.140. The lowest BCUT2D eigenvalue weighted by Gasteiger charge is -2.04. The lowest BCUT2D eigenvalue weighted by Crippen LogP contribution is -2.29. The van der Waals surface area contributed by atoms with Gasteiger partial charge in [-0.3, -0.25) is 9.59 Å². The van der Waals surface area contributed by atoms with Crippen molar-refractivity contribution in [2.24, 2.45) is 0 Å². The maximum absolute atomic E-state index is 10.8. The Labute approximate surface area is 82.7 Å². The van der Waals surface area contributed by atoms with Crippen LogP contribution < -0.4 is 5.32 Å². The first-order valence-corrected chi connectivity index (χ1v) is 4.23. The standard InChI is InChI=1S/C9H15NO4/c1-7(2)6-14-4-3-10-8(11)5-9(12)13/h1,3-6H2,2H3,(H,10,11)(H,12,13). The van der Waals surface area contributed by atoms with Gasteiger partial charge >= 0.3 is 5.97 Å². The lowest BCUT2D eigenvalue weighted by atomic mass is 10.4. The summed E-state index contributed by atoms with van der Waals surface area (Å²) in [5, 5.41) is 10.7. The molecule has 0 bridgehead atoms. The van der Waals surface area contributed by atoms with Crippen LogP contribution in [-0.4, -0.2) is 36.7 Å². The van der Waals surface area contributed by atoms with Crippen LogP contribution in [0.3, 0.4) is 0 Å². The molecule has 0 rings (SSSR count). The zero-order valence-corrected chi connectivity index (χ0v) is 8.21. The Morgan fingerprint density at radius 1 is 1.50 bits per heavy atom. The van der Waals surface area contributed by atoms with Crippen molar-refractivity contribution in [2.45, 2.75) is 13.3 Å².